The summed E-state index contributed by atoms with van der Waals surface area (Å²) in [6, 6.07) is 11.0. The summed E-state index contributed by atoms with van der Waals surface area (Å²) in [6.07, 6.45) is 0. The quantitative estimate of drug-likeness (QED) is 0.512. The lowest BCUT2D eigenvalue weighted by Gasteiger charge is -2.08. The fourth-order valence-corrected chi connectivity index (χ4v) is 2.97. The van der Waals surface area contributed by atoms with Crippen molar-refractivity contribution in [2.24, 2.45) is 0 Å². The third kappa shape index (κ3) is 4.55. The summed E-state index contributed by atoms with van der Waals surface area (Å²) in [5.41, 5.74) is 4.02. The van der Waals surface area contributed by atoms with E-state index in [-0.39, 0.29) is 16.6 Å². The number of pyridine rings is 1. The molecule has 2 aromatic heterocycles. The van der Waals surface area contributed by atoms with Gasteiger partial charge in [-0.1, -0.05) is 46.6 Å². The molecular weight excluding hydrogens is 382 g/mol. The number of hydrogen-bond donors (Lipinski definition) is 1. The highest BCUT2D eigenvalue weighted by Gasteiger charge is 2.18. The van der Waals surface area contributed by atoms with E-state index in [2.05, 4.69) is 15.5 Å². The fourth-order valence-electron chi connectivity index (χ4n) is 2.61. The average molecular weight is 400 g/mol. The van der Waals surface area contributed by atoms with Gasteiger partial charge in [0.15, 0.2) is 6.61 Å². The maximum Gasteiger partial charge on any atom is 0.342 e. The van der Waals surface area contributed by atoms with Crippen LogP contribution in [0.1, 0.15) is 27.2 Å². The minimum atomic E-state index is -0.719. The van der Waals surface area contributed by atoms with Crippen LogP contribution in [0.3, 0.4) is 0 Å². The van der Waals surface area contributed by atoms with Crippen molar-refractivity contribution in [3.63, 3.8) is 0 Å². The number of hydrogen-bond acceptors (Lipinski definition) is 6. The van der Waals surface area contributed by atoms with Crippen LogP contribution in [-0.2, 0) is 9.53 Å². The van der Waals surface area contributed by atoms with Crippen LogP contribution in [-0.4, -0.2) is 28.6 Å². The van der Waals surface area contributed by atoms with Crippen LogP contribution < -0.4 is 5.32 Å². The molecule has 7 nitrogen and oxygen atoms in total. The van der Waals surface area contributed by atoms with Gasteiger partial charge in [-0.2, -0.15) is 0 Å². The van der Waals surface area contributed by atoms with Crippen molar-refractivity contribution in [2.75, 3.05) is 11.9 Å². The number of nitrogens with zero attached hydrogens (tertiary/aromatic N) is 2. The molecule has 0 aliphatic heterocycles. The van der Waals surface area contributed by atoms with Crippen molar-refractivity contribution in [1.82, 2.24) is 10.1 Å². The molecule has 0 fully saturated rings. The molecule has 0 aliphatic carbocycles. The molecule has 8 heteroatoms. The van der Waals surface area contributed by atoms with Crippen LogP contribution in [0.25, 0.3) is 11.3 Å². The summed E-state index contributed by atoms with van der Waals surface area (Å²) in [5, 5.41) is 6.46. The van der Waals surface area contributed by atoms with E-state index >= 15 is 0 Å². The number of anilines is 1. The molecule has 0 atom stereocenters. The number of esters is 1. The first kappa shape index (κ1) is 19.6. The van der Waals surface area contributed by atoms with Crippen LogP contribution in [0.4, 0.5) is 5.88 Å². The summed E-state index contributed by atoms with van der Waals surface area (Å²) in [6.45, 7) is 4.98. The van der Waals surface area contributed by atoms with E-state index in [0.29, 0.717) is 17.0 Å². The van der Waals surface area contributed by atoms with E-state index in [0.717, 1.165) is 11.1 Å². The zero-order chi connectivity index (χ0) is 20.3. The lowest BCUT2D eigenvalue weighted by atomic mass is 10.1. The van der Waals surface area contributed by atoms with Gasteiger partial charge in [0.2, 0.25) is 5.88 Å². The van der Waals surface area contributed by atoms with Crippen LogP contribution >= 0.6 is 11.6 Å². The molecule has 1 aromatic carbocycles. The van der Waals surface area contributed by atoms with Gasteiger partial charge >= 0.3 is 5.97 Å². The van der Waals surface area contributed by atoms with Crippen molar-refractivity contribution in [3.8, 4) is 11.3 Å². The highest BCUT2D eigenvalue weighted by molar-refractivity contribution is 6.32. The SMILES string of the molecule is Cc1ccc(-c2cc(NC(=O)COC(=O)c3c(C)cc(C)nc3Cl)on2)cc1. The molecular formula is C20H18ClN3O4. The first-order chi connectivity index (χ1) is 13.3. The Bertz CT molecular complexity index is 1010. The lowest BCUT2D eigenvalue weighted by Crippen LogP contribution is -2.21. The van der Waals surface area contributed by atoms with Crippen LogP contribution in [0.15, 0.2) is 40.9 Å². The number of aryl methyl sites for hydroxylation is 3. The first-order valence-electron chi connectivity index (χ1n) is 8.48. The maximum absolute atomic E-state index is 12.2. The van der Waals surface area contributed by atoms with Gasteiger partial charge in [0.25, 0.3) is 5.91 Å². The highest BCUT2D eigenvalue weighted by atomic mass is 35.5. The number of nitrogens with one attached hydrogen (secondary N) is 1. The molecule has 3 aromatic rings. The molecule has 0 spiro atoms. The molecule has 0 bridgehead atoms. The van der Waals surface area contributed by atoms with Crippen molar-refractivity contribution in [2.45, 2.75) is 20.8 Å². The van der Waals surface area contributed by atoms with Gasteiger partial charge < -0.3 is 9.26 Å². The Hall–Kier alpha value is -3.19. The predicted molar refractivity (Wildman–Crippen MR) is 104 cm³/mol. The Morgan fingerprint density at radius 2 is 1.86 bits per heavy atom. The van der Waals surface area contributed by atoms with Gasteiger partial charge in [0.1, 0.15) is 10.8 Å². The van der Waals surface area contributed by atoms with Crippen LogP contribution in [0, 0.1) is 20.8 Å². The van der Waals surface area contributed by atoms with Crippen molar-refractivity contribution < 1.29 is 18.8 Å². The number of carbonyl (C=O) groups is 2. The Labute approximate surface area is 166 Å². The molecule has 0 unspecified atom stereocenters. The fraction of sp³-hybridized carbons (Fsp3) is 0.200. The Balaban J connectivity index is 1.59. The summed E-state index contributed by atoms with van der Waals surface area (Å²) in [4.78, 5) is 28.3. The van der Waals surface area contributed by atoms with Crippen LogP contribution in [0.2, 0.25) is 5.15 Å². The van der Waals surface area contributed by atoms with E-state index in [1.807, 2.05) is 31.2 Å². The maximum atomic E-state index is 12.2. The number of benzene rings is 1. The summed E-state index contributed by atoms with van der Waals surface area (Å²) in [5.74, 6) is -1.13. The average Bonchev–Trinajstić information content (AvgIpc) is 3.08. The molecule has 144 valence electrons. The molecule has 0 radical (unpaired) electrons. The summed E-state index contributed by atoms with van der Waals surface area (Å²) in [7, 11) is 0. The number of aromatic nitrogens is 2. The van der Waals surface area contributed by atoms with E-state index in [1.165, 1.54) is 0 Å². The van der Waals surface area contributed by atoms with Gasteiger partial charge in [-0.05, 0) is 32.4 Å². The molecule has 0 saturated carbocycles. The standard InChI is InChI=1S/C20H18ClN3O4/c1-11-4-6-14(7-5-11)15-9-17(28-24-15)23-16(25)10-27-20(26)18-12(2)8-13(3)22-19(18)21/h4-9H,10H2,1-3H3,(H,23,25). The van der Waals surface area contributed by atoms with Crippen molar-refractivity contribution in [1.29, 1.82) is 0 Å². The molecule has 0 saturated heterocycles. The van der Waals surface area contributed by atoms with Gasteiger partial charge in [0, 0.05) is 17.3 Å². The van der Waals surface area contributed by atoms with E-state index < -0.39 is 18.5 Å². The van der Waals surface area contributed by atoms with Gasteiger partial charge in [-0.25, -0.2) is 9.78 Å². The van der Waals surface area contributed by atoms with E-state index in [1.54, 1.807) is 26.0 Å². The number of ether oxygens (including phenoxy) is 1. The monoisotopic (exact) mass is 399 g/mol. The largest absolute Gasteiger partial charge is 0.452 e. The highest BCUT2D eigenvalue weighted by Crippen LogP contribution is 2.22. The molecule has 28 heavy (non-hydrogen) atoms. The van der Waals surface area contributed by atoms with E-state index in [4.69, 9.17) is 20.9 Å². The third-order valence-electron chi connectivity index (χ3n) is 3.96. The van der Waals surface area contributed by atoms with Crippen LogP contribution in [0.5, 0.6) is 0 Å². The molecule has 1 amide bonds. The molecule has 3 rings (SSSR count). The molecule has 0 aliphatic rings. The lowest BCUT2D eigenvalue weighted by molar-refractivity contribution is -0.119. The second-order valence-electron chi connectivity index (χ2n) is 6.31. The molecule has 1 N–H and O–H groups in total. The van der Waals surface area contributed by atoms with Gasteiger partial charge in [0.05, 0.1) is 5.56 Å². The van der Waals surface area contributed by atoms with Crippen molar-refractivity contribution >= 4 is 29.4 Å². The Kier molecular flexibility index (Phi) is 5.75. The normalized spacial score (nSPS) is 10.6. The smallest absolute Gasteiger partial charge is 0.342 e. The summed E-state index contributed by atoms with van der Waals surface area (Å²) < 4.78 is 10.1. The zero-order valence-corrected chi connectivity index (χ0v) is 16.3. The number of rotatable bonds is 5. The summed E-state index contributed by atoms with van der Waals surface area (Å²) >= 11 is 6.01. The number of carbonyl (C=O) groups excluding carboxylic acids is 2. The van der Waals surface area contributed by atoms with Crippen molar-refractivity contribution in [3.05, 3.63) is 63.9 Å². The second-order valence-corrected chi connectivity index (χ2v) is 6.67. The zero-order valence-electron chi connectivity index (χ0n) is 15.6. The van der Waals surface area contributed by atoms with E-state index in [9.17, 15) is 9.59 Å². The minimum absolute atomic E-state index is 0.0425. The topological polar surface area (TPSA) is 94.3 Å². The molecule has 2 heterocycles. The Morgan fingerprint density at radius 3 is 2.54 bits per heavy atom. The third-order valence-corrected chi connectivity index (χ3v) is 4.23. The first-order valence-corrected chi connectivity index (χ1v) is 8.86. The Morgan fingerprint density at radius 1 is 1.14 bits per heavy atom. The minimum Gasteiger partial charge on any atom is -0.452 e. The number of halogens is 1. The number of amides is 1. The predicted octanol–water partition coefficient (Wildman–Crippen LogP) is 4.11. The van der Waals surface area contributed by atoms with Gasteiger partial charge in [-0.3, -0.25) is 10.1 Å². The second kappa shape index (κ2) is 8.22. The van der Waals surface area contributed by atoms with Gasteiger partial charge in [-0.15, -0.1) is 0 Å².